The monoisotopic (exact) mass is 420 g/mol. The molecule has 0 aliphatic carbocycles. The lowest BCUT2D eigenvalue weighted by molar-refractivity contribution is -0.115. The van der Waals surface area contributed by atoms with E-state index >= 15 is 0 Å². The minimum atomic E-state index is -0.160. The Morgan fingerprint density at radius 2 is 1.69 bits per heavy atom. The summed E-state index contributed by atoms with van der Waals surface area (Å²) in [7, 11) is 0. The summed E-state index contributed by atoms with van der Waals surface area (Å²) in [4.78, 5) is 17.3. The molecule has 6 heteroatoms. The highest BCUT2D eigenvalue weighted by molar-refractivity contribution is 8.18. The fraction of sp³-hybridized carbons (Fsp3) is 0.0435. The average Bonchev–Trinajstić information content (AvgIpc) is 3.08. The third-order valence-electron chi connectivity index (χ3n) is 4.13. The molecule has 4 nitrogen and oxygen atoms in total. The molecule has 3 aromatic carbocycles. The van der Waals surface area contributed by atoms with Crippen molar-refractivity contribution in [2.75, 3.05) is 0 Å². The second-order valence-electron chi connectivity index (χ2n) is 6.30. The maximum atomic E-state index is 12.2. The van der Waals surface area contributed by atoms with Crippen LogP contribution in [0.4, 0.5) is 5.69 Å². The molecule has 0 atom stereocenters. The van der Waals surface area contributed by atoms with Gasteiger partial charge >= 0.3 is 0 Å². The van der Waals surface area contributed by atoms with E-state index in [0.717, 1.165) is 22.6 Å². The van der Waals surface area contributed by atoms with Gasteiger partial charge in [0.15, 0.2) is 5.17 Å². The van der Waals surface area contributed by atoms with Crippen molar-refractivity contribution in [3.63, 3.8) is 0 Å². The maximum absolute atomic E-state index is 12.2. The minimum Gasteiger partial charge on any atom is -0.489 e. The van der Waals surface area contributed by atoms with Gasteiger partial charge in [-0.1, -0.05) is 54.1 Å². The van der Waals surface area contributed by atoms with Crippen LogP contribution in [0, 0.1) is 0 Å². The van der Waals surface area contributed by atoms with Crippen LogP contribution in [0.2, 0.25) is 5.02 Å². The SMILES string of the molecule is O=C1NC(=Nc2ccc(Cl)cc2)S/C1=C\c1ccc(OCc2ccccc2)cc1. The van der Waals surface area contributed by atoms with Crippen molar-refractivity contribution >= 4 is 46.2 Å². The Labute approximate surface area is 178 Å². The molecule has 1 saturated heterocycles. The lowest BCUT2D eigenvalue weighted by Crippen LogP contribution is -2.19. The average molecular weight is 421 g/mol. The molecule has 4 rings (SSSR count). The van der Waals surface area contributed by atoms with Gasteiger partial charge < -0.3 is 10.1 Å². The predicted octanol–water partition coefficient (Wildman–Crippen LogP) is 5.81. The highest BCUT2D eigenvalue weighted by Gasteiger charge is 2.23. The van der Waals surface area contributed by atoms with Crippen LogP contribution in [-0.2, 0) is 11.4 Å². The van der Waals surface area contributed by atoms with E-state index in [1.165, 1.54) is 11.8 Å². The third kappa shape index (κ3) is 5.28. The number of hydrogen-bond acceptors (Lipinski definition) is 4. The Kier molecular flexibility index (Phi) is 5.98. The number of rotatable bonds is 5. The van der Waals surface area contributed by atoms with E-state index in [4.69, 9.17) is 16.3 Å². The first-order valence-corrected chi connectivity index (χ1v) is 10.2. The second-order valence-corrected chi connectivity index (χ2v) is 7.77. The summed E-state index contributed by atoms with van der Waals surface area (Å²) in [6, 6.07) is 24.8. The highest BCUT2D eigenvalue weighted by Crippen LogP contribution is 2.29. The van der Waals surface area contributed by atoms with Gasteiger partial charge in [0.1, 0.15) is 12.4 Å². The first-order valence-electron chi connectivity index (χ1n) is 8.98. The van der Waals surface area contributed by atoms with Crippen molar-refractivity contribution in [3.05, 3.63) is 99.9 Å². The molecule has 1 amide bonds. The second kappa shape index (κ2) is 8.99. The Balaban J connectivity index is 1.41. The number of hydrogen-bond donors (Lipinski definition) is 1. The van der Waals surface area contributed by atoms with Crippen molar-refractivity contribution in [1.82, 2.24) is 5.32 Å². The summed E-state index contributed by atoms with van der Waals surface area (Å²) >= 11 is 7.20. The van der Waals surface area contributed by atoms with Crippen molar-refractivity contribution in [2.45, 2.75) is 6.61 Å². The zero-order chi connectivity index (χ0) is 20.1. The number of amides is 1. The number of aliphatic imine (C=N–C) groups is 1. The topological polar surface area (TPSA) is 50.7 Å². The molecule has 0 spiro atoms. The molecule has 3 aromatic rings. The van der Waals surface area contributed by atoms with E-state index in [-0.39, 0.29) is 5.91 Å². The molecule has 0 unspecified atom stereocenters. The van der Waals surface area contributed by atoms with Crippen LogP contribution in [0.1, 0.15) is 11.1 Å². The Morgan fingerprint density at radius 1 is 0.966 bits per heavy atom. The zero-order valence-electron chi connectivity index (χ0n) is 15.3. The van der Waals surface area contributed by atoms with Gasteiger partial charge in [0.05, 0.1) is 10.6 Å². The van der Waals surface area contributed by atoms with Gasteiger partial charge in [-0.15, -0.1) is 0 Å². The van der Waals surface area contributed by atoms with E-state index < -0.39 is 0 Å². The molecule has 0 bridgehead atoms. The van der Waals surface area contributed by atoms with E-state index in [2.05, 4.69) is 10.3 Å². The Bertz CT molecular complexity index is 1060. The molecule has 1 fully saturated rings. The number of amidine groups is 1. The minimum absolute atomic E-state index is 0.160. The predicted molar refractivity (Wildman–Crippen MR) is 119 cm³/mol. The number of benzene rings is 3. The summed E-state index contributed by atoms with van der Waals surface area (Å²) in [5.74, 6) is 0.622. The number of nitrogens with zero attached hydrogens (tertiary/aromatic N) is 1. The molecule has 0 radical (unpaired) electrons. The van der Waals surface area contributed by atoms with Crippen molar-refractivity contribution < 1.29 is 9.53 Å². The molecule has 144 valence electrons. The van der Waals surface area contributed by atoms with Crippen molar-refractivity contribution in [3.8, 4) is 5.75 Å². The number of nitrogens with one attached hydrogen (secondary N) is 1. The summed E-state index contributed by atoms with van der Waals surface area (Å²) in [6.07, 6.45) is 1.84. The lowest BCUT2D eigenvalue weighted by atomic mass is 10.2. The van der Waals surface area contributed by atoms with Gasteiger partial charge in [0.2, 0.25) is 0 Å². The largest absolute Gasteiger partial charge is 0.489 e. The number of thioether (sulfide) groups is 1. The fourth-order valence-corrected chi connectivity index (χ4v) is 3.63. The third-order valence-corrected chi connectivity index (χ3v) is 5.30. The quantitative estimate of drug-likeness (QED) is 0.530. The molecular weight excluding hydrogens is 404 g/mol. The molecule has 1 aliphatic heterocycles. The number of halogens is 1. The Morgan fingerprint density at radius 3 is 2.41 bits per heavy atom. The molecule has 1 N–H and O–H groups in total. The van der Waals surface area contributed by atoms with Crippen LogP contribution in [-0.4, -0.2) is 11.1 Å². The van der Waals surface area contributed by atoms with Gasteiger partial charge in [-0.05, 0) is 65.4 Å². The molecule has 0 saturated carbocycles. The van der Waals surface area contributed by atoms with Gasteiger partial charge in [0.25, 0.3) is 5.91 Å². The molecule has 1 heterocycles. The first kappa shape index (κ1) is 19.3. The van der Waals surface area contributed by atoms with Gasteiger partial charge in [-0.2, -0.15) is 0 Å². The normalized spacial score (nSPS) is 16.2. The summed E-state index contributed by atoms with van der Waals surface area (Å²) in [5.41, 5.74) is 2.77. The van der Waals surface area contributed by atoms with Crippen molar-refractivity contribution in [1.29, 1.82) is 0 Å². The van der Waals surface area contributed by atoms with Crippen LogP contribution < -0.4 is 10.1 Å². The summed E-state index contributed by atoms with van der Waals surface area (Å²) in [5, 5.41) is 3.98. The zero-order valence-corrected chi connectivity index (χ0v) is 16.9. The van der Waals surface area contributed by atoms with Crippen LogP contribution in [0.25, 0.3) is 6.08 Å². The number of ether oxygens (including phenoxy) is 1. The molecule has 29 heavy (non-hydrogen) atoms. The summed E-state index contributed by atoms with van der Waals surface area (Å²) < 4.78 is 5.80. The van der Waals surface area contributed by atoms with Crippen LogP contribution >= 0.6 is 23.4 Å². The maximum Gasteiger partial charge on any atom is 0.264 e. The molecular formula is C23H17ClN2O2S. The van der Waals surface area contributed by atoms with E-state index in [0.29, 0.717) is 21.7 Å². The van der Waals surface area contributed by atoms with E-state index in [9.17, 15) is 4.79 Å². The van der Waals surface area contributed by atoms with Gasteiger partial charge in [-0.3, -0.25) is 4.79 Å². The van der Waals surface area contributed by atoms with Gasteiger partial charge in [-0.25, -0.2) is 4.99 Å². The molecule has 1 aliphatic rings. The van der Waals surface area contributed by atoms with Gasteiger partial charge in [0, 0.05) is 5.02 Å². The number of carbonyl (C=O) groups is 1. The van der Waals surface area contributed by atoms with Crippen LogP contribution in [0.5, 0.6) is 5.75 Å². The number of carbonyl (C=O) groups excluding carboxylic acids is 1. The fourth-order valence-electron chi connectivity index (χ4n) is 2.67. The van der Waals surface area contributed by atoms with Crippen molar-refractivity contribution in [2.24, 2.45) is 4.99 Å². The molecule has 0 aromatic heterocycles. The summed E-state index contributed by atoms with van der Waals surface area (Å²) in [6.45, 7) is 0.518. The Hall–Kier alpha value is -3.02. The lowest BCUT2D eigenvalue weighted by Gasteiger charge is -2.06. The van der Waals surface area contributed by atoms with Crippen LogP contribution in [0.3, 0.4) is 0 Å². The first-order chi connectivity index (χ1) is 14.2. The van der Waals surface area contributed by atoms with E-state index in [1.54, 1.807) is 24.3 Å². The standard InChI is InChI=1S/C23H17ClN2O2S/c24-18-8-10-19(11-9-18)25-23-26-22(27)21(29-23)14-16-6-12-20(13-7-16)28-15-17-4-2-1-3-5-17/h1-14H,15H2,(H,25,26,27)/b21-14-. The van der Waals surface area contributed by atoms with Crippen LogP contribution in [0.15, 0.2) is 88.8 Å². The smallest absolute Gasteiger partial charge is 0.264 e. The van der Waals surface area contributed by atoms with E-state index in [1.807, 2.05) is 60.7 Å². The highest BCUT2D eigenvalue weighted by atomic mass is 35.5.